The van der Waals surface area contributed by atoms with E-state index in [4.69, 9.17) is 0 Å². The first-order chi connectivity index (χ1) is 9.26. The molecular formula is C14H26N4S. The Balaban J connectivity index is 2.28. The Hall–Kier alpha value is -1.10. The van der Waals surface area contributed by atoms with Crippen LogP contribution >= 0.6 is 11.3 Å². The highest BCUT2D eigenvalue weighted by molar-refractivity contribution is 7.11. The maximum absolute atomic E-state index is 4.56. The third kappa shape index (κ3) is 7.15. The van der Waals surface area contributed by atoms with Crippen molar-refractivity contribution in [1.29, 1.82) is 0 Å². The number of nitrogens with zero attached hydrogens (tertiary/aromatic N) is 2. The summed E-state index contributed by atoms with van der Waals surface area (Å²) < 4.78 is 0. The van der Waals surface area contributed by atoms with E-state index in [0.29, 0.717) is 0 Å². The summed E-state index contributed by atoms with van der Waals surface area (Å²) in [6.07, 6.45) is 6.55. The van der Waals surface area contributed by atoms with Gasteiger partial charge < -0.3 is 10.6 Å². The van der Waals surface area contributed by atoms with Gasteiger partial charge >= 0.3 is 0 Å². The first-order valence-corrected chi connectivity index (χ1v) is 8.01. The number of hydrogen-bond donors (Lipinski definition) is 2. The number of hydrogen-bond acceptors (Lipinski definition) is 3. The fourth-order valence-electron chi connectivity index (χ4n) is 1.70. The molecule has 0 bridgehead atoms. The molecule has 0 aromatic carbocycles. The lowest BCUT2D eigenvalue weighted by atomic mass is 10.2. The molecule has 1 aromatic heterocycles. The van der Waals surface area contributed by atoms with Gasteiger partial charge in [0, 0.05) is 37.1 Å². The third-order valence-corrected chi connectivity index (χ3v) is 3.65. The SMILES string of the molecule is CCCCCN=C(NCC)NCCc1ncc(C)s1. The molecule has 1 aromatic rings. The van der Waals surface area contributed by atoms with E-state index in [0.717, 1.165) is 32.0 Å². The number of rotatable bonds is 8. The second kappa shape index (κ2) is 9.78. The molecule has 0 aliphatic carbocycles. The highest BCUT2D eigenvalue weighted by Gasteiger charge is 2.00. The Kier molecular flexibility index (Phi) is 8.21. The Bertz CT molecular complexity index is 373. The maximum Gasteiger partial charge on any atom is 0.191 e. The van der Waals surface area contributed by atoms with Gasteiger partial charge in [0.15, 0.2) is 5.96 Å². The number of unbranched alkanes of at least 4 members (excludes halogenated alkanes) is 2. The minimum absolute atomic E-state index is 0.882. The molecule has 108 valence electrons. The Morgan fingerprint density at radius 1 is 1.32 bits per heavy atom. The summed E-state index contributed by atoms with van der Waals surface area (Å²) in [6, 6.07) is 0. The molecule has 1 heterocycles. The van der Waals surface area contributed by atoms with E-state index < -0.39 is 0 Å². The molecule has 0 spiro atoms. The molecule has 0 saturated heterocycles. The minimum Gasteiger partial charge on any atom is -0.357 e. The highest BCUT2D eigenvalue weighted by atomic mass is 32.1. The van der Waals surface area contributed by atoms with Gasteiger partial charge in [0.1, 0.15) is 0 Å². The van der Waals surface area contributed by atoms with Crippen molar-refractivity contribution in [3.8, 4) is 0 Å². The fourth-order valence-corrected chi connectivity index (χ4v) is 2.49. The van der Waals surface area contributed by atoms with Crippen molar-refractivity contribution in [1.82, 2.24) is 15.6 Å². The van der Waals surface area contributed by atoms with Crippen molar-refractivity contribution in [3.63, 3.8) is 0 Å². The van der Waals surface area contributed by atoms with Crippen LogP contribution in [-0.2, 0) is 6.42 Å². The number of nitrogens with one attached hydrogen (secondary N) is 2. The van der Waals surface area contributed by atoms with Gasteiger partial charge in [-0.1, -0.05) is 19.8 Å². The van der Waals surface area contributed by atoms with Gasteiger partial charge in [-0.3, -0.25) is 4.99 Å². The predicted molar refractivity (Wildman–Crippen MR) is 84.1 cm³/mol. The molecule has 4 nitrogen and oxygen atoms in total. The fraction of sp³-hybridized carbons (Fsp3) is 0.714. The van der Waals surface area contributed by atoms with Crippen molar-refractivity contribution >= 4 is 17.3 Å². The van der Waals surface area contributed by atoms with E-state index in [1.165, 1.54) is 29.1 Å². The second-order valence-corrected chi connectivity index (χ2v) is 5.83. The number of thiazole rings is 1. The van der Waals surface area contributed by atoms with Crippen LogP contribution in [0.1, 0.15) is 43.0 Å². The van der Waals surface area contributed by atoms with Crippen LogP contribution in [0.15, 0.2) is 11.2 Å². The zero-order chi connectivity index (χ0) is 13.9. The van der Waals surface area contributed by atoms with Crippen LogP contribution in [0.5, 0.6) is 0 Å². The van der Waals surface area contributed by atoms with Gasteiger partial charge in [0.05, 0.1) is 5.01 Å². The van der Waals surface area contributed by atoms with Gasteiger partial charge in [0.25, 0.3) is 0 Å². The molecule has 0 aliphatic heterocycles. The van der Waals surface area contributed by atoms with Crippen LogP contribution in [0.4, 0.5) is 0 Å². The molecule has 0 aliphatic rings. The lowest BCUT2D eigenvalue weighted by Crippen LogP contribution is -2.38. The summed E-state index contributed by atoms with van der Waals surface area (Å²) in [5.74, 6) is 0.923. The summed E-state index contributed by atoms with van der Waals surface area (Å²) in [5, 5.41) is 7.82. The number of aryl methyl sites for hydroxylation is 1. The molecule has 19 heavy (non-hydrogen) atoms. The van der Waals surface area contributed by atoms with Gasteiger partial charge in [-0.2, -0.15) is 0 Å². The Morgan fingerprint density at radius 3 is 2.79 bits per heavy atom. The van der Waals surface area contributed by atoms with Crippen LogP contribution < -0.4 is 10.6 Å². The monoisotopic (exact) mass is 282 g/mol. The lowest BCUT2D eigenvalue weighted by Gasteiger charge is -2.10. The summed E-state index contributed by atoms with van der Waals surface area (Å²) in [4.78, 5) is 10.2. The van der Waals surface area contributed by atoms with Gasteiger partial charge in [-0.25, -0.2) is 4.98 Å². The molecule has 0 atom stereocenters. The van der Waals surface area contributed by atoms with E-state index in [-0.39, 0.29) is 0 Å². The molecule has 0 amide bonds. The van der Waals surface area contributed by atoms with Crippen LogP contribution in [0.2, 0.25) is 0 Å². The van der Waals surface area contributed by atoms with E-state index >= 15 is 0 Å². The van der Waals surface area contributed by atoms with Gasteiger partial charge in [0.2, 0.25) is 0 Å². The maximum atomic E-state index is 4.56. The lowest BCUT2D eigenvalue weighted by molar-refractivity contribution is 0.716. The first kappa shape index (κ1) is 16.0. The van der Waals surface area contributed by atoms with E-state index in [1.54, 1.807) is 11.3 Å². The summed E-state index contributed by atoms with van der Waals surface area (Å²) in [5.41, 5.74) is 0. The molecule has 5 heteroatoms. The average molecular weight is 282 g/mol. The molecule has 1 rings (SSSR count). The number of guanidine groups is 1. The highest BCUT2D eigenvalue weighted by Crippen LogP contribution is 2.10. The summed E-state index contributed by atoms with van der Waals surface area (Å²) in [7, 11) is 0. The zero-order valence-corrected chi connectivity index (χ0v) is 13.1. The van der Waals surface area contributed by atoms with Crippen LogP contribution in [0.3, 0.4) is 0 Å². The Morgan fingerprint density at radius 2 is 2.16 bits per heavy atom. The topological polar surface area (TPSA) is 49.3 Å². The van der Waals surface area contributed by atoms with Crippen LogP contribution in [-0.4, -0.2) is 30.6 Å². The summed E-state index contributed by atoms with van der Waals surface area (Å²) >= 11 is 1.77. The smallest absolute Gasteiger partial charge is 0.191 e. The van der Waals surface area contributed by atoms with Crippen molar-refractivity contribution in [3.05, 3.63) is 16.1 Å². The van der Waals surface area contributed by atoms with Crippen molar-refractivity contribution in [2.75, 3.05) is 19.6 Å². The van der Waals surface area contributed by atoms with E-state index in [2.05, 4.69) is 41.4 Å². The first-order valence-electron chi connectivity index (χ1n) is 7.19. The van der Waals surface area contributed by atoms with E-state index in [9.17, 15) is 0 Å². The van der Waals surface area contributed by atoms with Crippen LogP contribution in [0.25, 0.3) is 0 Å². The zero-order valence-electron chi connectivity index (χ0n) is 12.3. The summed E-state index contributed by atoms with van der Waals surface area (Å²) in [6.45, 7) is 9.08. The van der Waals surface area contributed by atoms with Crippen molar-refractivity contribution in [2.45, 2.75) is 46.5 Å². The average Bonchev–Trinajstić information content (AvgIpc) is 2.80. The normalized spacial score (nSPS) is 11.6. The predicted octanol–water partition coefficient (Wildman–Crippen LogP) is 2.74. The second-order valence-electron chi connectivity index (χ2n) is 4.51. The van der Waals surface area contributed by atoms with Gasteiger partial charge in [-0.15, -0.1) is 11.3 Å². The molecule has 0 radical (unpaired) electrons. The quantitative estimate of drug-likeness (QED) is 0.438. The standard InChI is InChI=1S/C14H26N4S/c1-4-6-7-9-16-14(15-5-2)17-10-8-13-18-11-12(3)19-13/h11H,4-10H2,1-3H3,(H2,15,16,17). The molecule has 0 fully saturated rings. The Labute approximate surface area is 120 Å². The van der Waals surface area contributed by atoms with Crippen molar-refractivity contribution in [2.24, 2.45) is 4.99 Å². The molecule has 2 N–H and O–H groups in total. The van der Waals surface area contributed by atoms with Gasteiger partial charge in [-0.05, 0) is 20.3 Å². The molecular weight excluding hydrogens is 256 g/mol. The number of aliphatic imine (C=N–C) groups is 1. The number of aromatic nitrogens is 1. The third-order valence-electron chi connectivity index (χ3n) is 2.68. The van der Waals surface area contributed by atoms with E-state index in [1.807, 2.05) is 6.20 Å². The molecule has 0 unspecified atom stereocenters. The largest absolute Gasteiger partial charge is 0.357 e. The van der Waals surface area contributed by atoms with Crippen molar-refractivity contribution < 1.29 is 0 Å². The minimum atomic E-state index is 0.882. The molecule has 0 saturated carbocycles. The van der Waals surface area contributed by atoms with Crippen LogP contribution in [0, 0.1) is 6.92 Å².